The Morgan fingerprint density at radius 3 is 2.60 bits per heavy atom. The first-order chi connectivity index (χ1) is 16.5. The van der Waals surface area contributed by atoms with Gasteiger partial charge in [0.05, 0.1) is 5.39 Å². The molecule has 0 bridgehead atoms. The Balaban J connectivity index is 1.57. The van der Waals surface area contributed by atoms with Gasteiger partial charge in [-0.2, -0.15) is 0 Å². The summed E-state index contributed by atoms with van der Waals surface area (Å²) < 4.78 is 11.3. The zero-order valence-electron chi connectivity index (χ0n) is 19.8. The minimum Gasteiger partial charge on any atom is -0.508 e. The molecule has 9 nitrogen and oxygen atoms in total. The largest absolute Gasteiger partial charge is 0.508 e. The molecule has 0 aliphatic rings. The van der Waals surface area contributed by atoms with Gasteiger partial charge in [0, 0.05) is 29.1 Å². The molecular weight excluding hydrogens is 452 g/mol. The summed E-state index contributed by atoms with van der Waals surface area (Å²) in [4.78, 5) is 39.9. The number of phenols is 1. The summed E-state index contributed by atoms with van der Waals surface area (Å²) in [6.07, 6.45) is 0.637. The molecule has 4 N–H and O–H groups in total. The van der Waals surface area contributed by atoms with E-state index in [4.69, 9.17) is 9.15 Å². The molecule has 0 spiro atoms. The minimum atomic E-state index is -1.22. The number of aryl methyl sites for hydroxylation is 2. The molecule has 0 fully saturated rings. The van der Waals surface area contributed by atoms with Crippen LogP contribution in [0.5, 0.6) is 11.5 Å². The van der Waals surface area contributed by atoms with E-state index >= 15 is 0 Å². The number of amides is 1. The molecule has 2 heterocycles. The van der Waals surface area contributed by atoms with Gasteiger partial charge in [-0.05, 0) is 74.7 Å². The number of hydrogen-bond acceptors (Lipinski definition) is 6. The maximum atomic E-state index is 12.9. The van der Waals surface area contributed by atoms with Gasteiger partial charge in [-0.25, -0.2) is 9.59 Å². The number of aliphatic carboxylic acids is 1. The number of hydrogen-bond donors (Lipinski definition) is 4. The van der Waals surface area contributed by atoms with Gasteiger partial charge in [-0.3, -0.25) is 4.79 Å². The highest BCUT2D eigenvalue weighted by Gasteiger charge is 2.26. The third-order valence-electron chi connectivity index (χ3n) is 6.12. The molecule has 0 unspecified atom stereocenters. The second-order valence-electron chi connectivity index (χ2n) is 8.68. The second kappa shape index (κ2) is 9.17. The third-order valence-corrected chi connectivity index (χ3v) is 6.12. The van der Waals surface area contributed by atoms with Crippen LogP contribution in [-0.4, -0.2) is 39.2 Å². The molecule has 2 aromatic heterocycles. The van der Waals surface area contributed by atoms with Gasteiger partial charge in [0.25, 0.3) is 5.91 Å². The molecular formula is C26H26N2O7. The minimum absolute atomic E-state index is 0.00802. The zero-order valence-corrected chi connectivity index (χ0v) is 19.8. The van der Waals surface area contributed by atoms with Crippen LogP contribution in [0.3, 0.4) is 0 Å². The molecule has 2 aromatic carbocycles. The lowest BCUT2D eigenvalue weighted by Gasteiger charge is -2.20. The van der Waals surface area contributed by atoms with E-state index in [0.29, 0.717) is 38.8 Å². The first-order valence-corrected chi connectivity index (χ1v) is 11.1. The van der Waals surface area contributed by atoms with Crippen LogP contribution in [0.4, 0.5) is 0 Å². The highest BCUT2D eigenvalue weighted by Crippen LogP contribution is 2.31. The summed E-state index contributed by atoms with van der Waals surface area (Å²) in [5.74, 6) is -1.38. The first kappa shape index (κ1) is 23.9. The van der Waals surface area contributed by atoms with Crippen molar-refractivity contribution in [2.75, 3.05) is 0 Å². The Kier molecular flexibility index (Phi) is 6.26. The van der Waals surface area contributed by atoms with Crippen LogP contribution in [0.15, 0.2) is 45.7 Å². The Morgan fingerprint density at radius 2 is 1.89 bits per heavy atom. The SMILES string of the molecule is Cc1cc(O[C@H](C)C(=O)N[C@@H](Cc2c[nH]c3ccc(O)cc23)C(=O)O)c2c(C)c(C)c(=O)oc2c1. The summed E-state index contributed by atoms with van der Waals surface area (Å²) in [5, 5.41) is 23.3. The number of aromatic hydroxyl groups is 1. The molecule has 2 atom stereocenters. The van der Waals surface area contributed by atoms with Gasteiger partial charge in [0.15, 0.2) is 6.10 Å². The third kappa shape index (κ3) is 4.70. The van der Waals surface area contributed by atoms with Crippen LogP contribution < -0.4 is 15.7 Å². The summed E-state index contributed by atoms with van der Waals surface area (Å²) in [5.41, 5.74) is 3.21. The number of fused-ring (bicyclic) bond motifs is 2. The quantitative estimate of drug-likeness (QED) is 0.298. The van der Waals surface area contributed by atoms with Crippen molar-refractivity contribution in [2.45, 2.75) is 46.3 Å². The van der Waals surface area contributed by atoms with Crippen molar-refractivity contribution in [3.8, 4) is 11.5 Å². The van der Waals surface area contributed by atoms with Crippen molar-refractivity contribution in [1.82, 2.24) is 10.3 Å². The standard InChI is InChI=1S/C26H26N2O7/c1-12-7-21(23-13(2)14(3)26(33)35-22(23)8-12)34-15(4)24(30)28-20(25(31)32)9-16-11-27-19-6-5-17(29)10-18(16)19/h5-8,10-11,15,20,27,29H,9H2,1-4H3,(H,28,30)(H,31,32)/t15-,20+/m1/s1. The van der Waals surface area contributed by atoms with Gasteiger partial charge in [-0.15, -0.1) is 0 Å². The number of aromatic amines is 1. The number of H-pyrrole nitrogens is 1. The van der Waals surface area contributed by atoms with Gasteiger partial charge in [0.1, 0.15) is 23.1 Å². The van der Waals surface area contributed by atoms with E-state index in [1.807, 2.05) is 6.92 Å². The van der Waals surface area contributed by atoms with Gasteiger partial charge in [0.2, 0.25) is 0 Å². The van der Waals surface area contributed by atoms with Crippen LogP contribution >= 0.6 is 0 Å². The number of aromatic nitrogens is 1. The number of nitrogens with one attached hydrogen (secondary N) is 2. The smallest absolute Gasteiger partial charge is 0.339 e. The summed E-state index contributed by atoms with van der Waals surface area (Å²) >= 11 is 0. The number of carboxylic acids is 1. The Morgan fingerprint density at radius 1 is 1.14 bits per heavy atom. The van der Waals surface area contributed by atoms with Crippen molar-refractivity contribution in [1.29, 1.82) is 0 Å². The van der Waals surface area contributed by atoms with Crippen LogP contribution in [0.1, 0.15) is 29.2 Å². The molecule has 1 amide bonds. The average Bonchev–Trinajstić information content (AvgIpc) is 3.18. The zero-order chi connectivity index (χ0) is 25.4. The van der Waals surface area contributed by atoms with E-state index < -0.39 is 29.6 Å². The topological polar surface area (TPSA) is 142 Å². The molecule has 182 valence electrons. The number of rotatable bonds is 7. The number of carbonyl (C=O) groups excluding carboxylic acids is 1. The van der Waals surface area contributed by atoms with E-state index in [9.17, 15) is 24.6 Å². The van der Waals surface area contributed by atoms with E-state index in [1.165, 1.54) is 13.0 Å². The highest BCUT2D eigenvalue weighted by atomic mass is 16.5. The van der Waals surface area contributed by atoms with Crippen LogP contribution in [0.25, 0.3) is 21.9 Å². The summed E-state index contributed by atoms with van der Waals surface area (Å²) in [6.45, 7) is 6.77. The van der Waals surface area contributed by atoms with Crippen molar-refractivity contribution in [3.63, 3.8) is 0 Å². The van der Waals surface area contributed by atoms with Crippen molar-refractivity contribution in [3.05, 3.63) is 69.2 Å². The van der Waals surface area contributed by atoms with E-state index in [1.54, 1.807) is 44.3 Å². The van der Waals surface area contributed by atoms with Crippen LogP contribution in [-0.2, 0) is 16.0 Å². The van der Waals surface area contributed by atoms with Gasteiger partial charge < -0.3 is 29.7 Å². The Bertz CT molecular complexity index is 1520. The lowest BCUT2D eigenvalue weighted by atomic mass is 10.0. The molecule has 9 heteroatoms. The lowest BCUT2D eigenvalue weighted by Crippen LogP contribution is -2.47. The molecule has 0 saturated heterocycles. The maximum Gasteiger partial charge on any atom is 0.339 e. The molecule has 0 saturated carbocycles. The Hall–Kier alpha value is -4.27. The fourth-order valence-corrected chi connectivity index (χ4v) is 4.07. The number of phenolic OH excluding ortho intramolecular Hbond substituents is 1. The first-order valence-electron chi connectivity index (χ1n) is 11.1. The molecule has 4 rings (SSSR count). The van der Waals surface area contributed by atoms with E-state index in [2.05, 4.69) is 10.3 Å². The lowest BCUT2D eigenvalue weighted by molar-refractivity contribution is -0.142. The monoisotopic (exact) mass is 478 g/mol. The van der Waals surface area contributed by atoms with Crippen molar-refractivity contribution in [2.24, 2.45) is 0 Å². The fourth-order valence-electron chi connectivity index (χ4n) is 4.07. The van der Waals surface area contributed by atoms with E-state index in [0.717, 1.165) is 11.1 Å². The molecule has 35 heavy (non-hydrogen) atoms. The number of benzene rings is 2. The second-order valence-corrected chi connectivity index (χ2v) is 8.68. The van der Waals surface area contributed by atoms with Crippen LogP contribution in [0.2, 0.25) is 0 Å². The normalized spacial score (nSPS) is 13.0. The average molecular weight is 479 g/mol. The molecule has 0 aliphatic heterocycles. The number of carbonyl (C=O) groups is 2. The number of carboxylic acid groups (broad SMARTS) is 1. The van der Waals surface area contributed by atoms with Crippen molar-refractivity contribution < 1.29 is 29.0 Å². The maximum absolute atomic E-state index is 12.9. The predicted molar refractivity (Wildman–Crippen MR) is 130 cm³/mol. The van der Waals surface area contributed by atoms with Gasteiger partial charge >= 0.3 is 11.6 Å². The Labute approximate surface area is 200 Å². The molecule has 0 radical (unpaired) electrons. The van der Waals surface area contributed by atoms with Gasteiger partial charge in [-0.1, -0.05) is 0 Å². The highest BCUT2D eigenvalue weighted by molar-refractivity contribution is 5.91. The van der Waals surface area contributed by atoms with E-state index in [-0.39, 0.29) is 12.2 Å². The number of ether oxygens (including phenoxy) is 1. The summed E-state index contributed by atoms with van der Waals surface area (Å²) in [7, 11) is 0. The van der Waals surface area contributed by atoms with Crippen LogP contribution in [0, 0.1) is 20.8 Å². The molecule has 4 aromatic rings. The molecule has 0 aliphatic carbocycles. The fraction of sp³-hybridized carbons (Fsp3) is 0.269. The van der Waals surface area contributed by atoms with Crippen molar-refractivity contribution >= 4 is 33.7 Å². The predicted octanol–water partition coefficient (Wildman–Crippen LogP) is 3.48. The summed E-state index contributed by atoms with van der Waals surface area (Å²) in [6, 6.07) is 7.01.